The van der Waals surface area contributed by atoms with Crippen LogP contribution in [0, 0.1) is 0 Å². The molecule has 0 spiro atoms. The van der Waals surface area contributed by atoms with Crippen LogP contribution in [0.2, 0.25) is 10.0 Å². The molecule has 1 amide bonds. The average molecular weight is 432 g/mol. The molecule has 1 aliphatic heterocycles. The second-order valence-electron chi connectivity index (χ2n) is 6.80. The molecule has 7 nitrogen and oxygen atoms in total. The Morgan fingerprint density at radius 3 is 2.31 bits per heavy atom. The van der Waals surface area contributed by atoms with Crippen molar-refractivity contribution < 1.29 is 9.32 Å². The number of aromatic nitrogens is 2. The second kappa shape index (κ2) is 8.41. The van der Waals surface area contributed by atoms with Crippen LogP contribution in [0.4, 0.5) is 6.01 Å². The topological polar surface area (TPSA) is 88.5 Å². The lowest BCUT2D eigenvalue weighted by Crippen LogP contribution is -2.50. The lowest BCUT2D eigenvalue weighted by Gasteiger charge is -2.37. The number of hydrogen-bond acceptors (Lipinski definition) is 6. The molecular weight excluding hydrogens is 413 g/mol. The molecule has 2 aromatic carbocycles. The molecule has 2 heterocycles. The van der Waals surface area contributed by atoms with Crippen LogP contribution in [-0.2, 0) is 4.79 Å². The van der Waals surface area contributed by atoms with Gasteiger partial charge in [-0.3, -0.25) is 9.69 Å². The maximum atomic E-state index is 12.1. The van der Waals surface area contributed by atoms with Crippen LogP contribution >= 0.6 is 23.2 Å². The number of carbonyl (C=O) groups excluding carboxylic acids is 1. The molecule has 3 aromatic rings. The van der Waals surface area contributed by atoms with Crippen molar-refractivity contribution in [1.82, 2.24) is 15.0 Å². The summed E-state index contributed by atoms with van der Waals surface area (Å²) in [5.74, 6) is 0.0636. The van der Waals surface area contributed by atoms with E-state index in [-0.39, 0.29) is 5.91 Å². The molecular formula is C20H19Cl2N5O2. The van der Waals surface area contributed by atoms with Crippen LogP contribution in [-0.4, -0.2) is 47.1 Å². The molecule has 0 radical (unpaired) electrons. The second-order valence-corrected chi connectivity index (χ2v) is 7.67. The van der Waals surface area contributed by atoms with Crippen LogP contribution in [0.5, 0.6) is 0 Å². The number of benzene rings is 2. The third kappa shape index (κ3) is 4.37. The summed E-state index contributed by atoms with van der Waals surface area (Å²) in [4.78, 5) is 20.6. The summed E-state index contributed by atoms with van der Waals surface area (Å²) in [6.07, 6.45) is 0. The summed E-state index contributed by atoms with van der Waals surface area (Å²) in [7, 11) is 0. The van der Waals surface area contributed by atoms with Crippen molar-refractivity contribution in [1.29, 1.82) is 0 Å². The molecule has 0 bridgehead atoms. The zero-order valence-corrected chi connectivity index (χ0v) is 17.0. The summed E-state index contributed by atoms with van der Waals surface area (Å²) in [5, 5.41) is 5.05. The number of primary amides is 1. The van der Waals surface area contributed by atoms with E-state index in [9.17, 15) is 4.79 Å². The van der Waals surface area contributed by atoms with Crippen molar-refractivity contribution in [2.45, 2.75) is 6.04 Å². The van der Waals surface area contributed by atoms with Gasteiger partial charge in [-0.05, 0) is 23.8 Å². The third-order valence-electron chi connectivity index (χ3n) is 4.87. The van der Waals surface area contributed by atoms with E-state index in [4.69, 9.17) is 33.5 Å². The van der Waals surface area contributed by atoms with E-state index in [1.165, 1.54) is 0 Å². The van der Waals surface area contributed by atoms with E-state index >= 15 is 0 Å². The van der Waals surface area contributed by atoms with Gasteiger partial charge in [0, 0.05) is 41.8 Å². The molecule has 9 heteroatoms. The Hall–Kier alpha value is -2.61. The van der Waals surface area contributed by atoms with Gasteiger partial charge in [0.2, 0.25) is 11.7 Å². The number of anilines is 1. The Kier molecular flexibility index (Phi) is 5.71. The summed E-state index contributed by atoms with van der Waals surface area (Å²) in [6, 6.07) is 14.7. The molecule has 4 rings (SSSR count). The normalized spacial score (nSPS) is 16.0. The summed E-state index contributed by atoms with van der Waals surface area (Å²) < 4.78 is 5.43. The van der Waals surface area contributed by atoms with Gasteiger partial charge < -0.3 is 15.2 Å². The highest BCUT2D eigenvalue weighted by atomic mass is 35.5. The van der Waals surface area contributed by atoms with E-state index in [1.807, 2.05) is 35.2 Å². The summed E-state index contributed by atoms with van der Waals surface area (Å²) in [5.41, 5.74) is 7.26. The molecule has 2 N–H and O–H groups in total. The lowest BCUT2D eigenvalue weighted by atomic mass is 10.0. The van der Waals surface area contributed by atoms with Crippen molar-refractivity contribution >= 4 is 35.1 Å². The quantitative estimate of drug-likeness (QED) is 0.665. The predicted octanol–water partition coefficient (Wildman–Crippen LogP) is 3.39. The lowest BCUT2D eigenvalue weighted by molar-refractivity contribution is -0.123. The fourth-order valence-corrected chi connectivity index (χ4v) is 4.03. The fourth-order valence-electron chi connectivity index (χ4n) is 3.51. The Balaban J connectivity index is 1.46. The van der Waals surface area contributed by atoms with Gasteiger partial charge in [0.25, 0.3) is 0 Å². The SMILES string of the molecule is NC(=O)C(c1ccccc1)N1CCN(c2nc(-c3cc(Cl)cc(Cl)c3)no2)CC1. The maximum Gasteiger partial charge on any atom is 0.324 e. The van der Waals surface area contributed by atoms with Crippen molar-refractivity contribution in [2.75, 3.05) is 31.1 Å². The molecule has 1 fully saturated rings. The number of nitrogens with zero attached hydrogens (tertiary/aromatic N) is 4. The largest absolute Gasteiger partial charge is 0.368 e. The summed E-state index contributed by atoms with van der Waals surface area (Å²) >= 11 is 12.1. The van der Waals surface area contributed by atoms with Gasteiger partial charge in [-0.15, -0.1) is 0 Å². The molecule has 1 unspecified atom stereocenters. The number of rotatable bonds is 5. The van der Waals surface area contributed by atoms with Gasteiger partial charge in [0.05, 0.1) is 0 Å². The van der Waals surface area contributed by atoms with Gasteiger partial charge in [0.1, 0.15) is 6.04 Å². The number of hydrogen-bond donors (Lipinski definition) is 1. The van der Waals surface area contributed by atoms with Crippen molar-refractivity contribution in [3.05, 3.63) is 64.1 Å². The number of carbonyl (C=O) groups is 1. The molecule has 1 saturated heterocycles. The Bertz CT molecular complexity index is 983. The maximum absolute atomic E-state index is 12.1. The fraction of sp³-hybridized carbons (Fsp3) is 0.250. The minimum Gasteiger partial charge on any atom is -0.368 e. The average Bonchev–Trinajstić information content (AvgIpc) is 3.19. The molecule has 29 heavy (non-hydrogen) atoms. The van der Waals surface area contributed by atoms with Crippen molar-refractivity contribution in [2.24, 2.45) is 5.73 Å². The molecule has 1 atom stereocenters. The molecule has 0 aliphatic carbocycles. The molecule has 0 saturated carbocycles. The van der Waals surface area contributed by atoms with E-state index in [0.29, 0.717) is 53.6 Å². The zero-order valence-electron chi connectivity index (χ0n) is 15.5. The molecule has 1 aliphatic rings. The van der Waals surface area contributed by atoms with Crippen LogP contribution < -0.4 is 10.6 Å². The van der Waals surface area contributed by atoms with E-state index in [1.54, 1.807) is 18.2 Å². The standard InChI is InChI=1S/C20H19Cl2N5O2/c21-15-10-14(11-16(22)12-15)19-24-20(29-25-19)27-8-6-26(7-9-27)17(18(23)28)13-4-2-1-3-5-13/h1-5,10-12,17H,6-9H2,(H2,23,28). The van der Waals surface area contributed by atoms with Crippen molar-refractivity contribution in [3.8, 4) is 11.4 Å². The van der Waals surface area contributed by atoms with Crippen LogP contribution in [0.25, 0.3) is 11.4 Å². The number of nitrogens with two attached hydrogens (primary N) is 1. The van der Waals surface area contributed by atoms with Crippen molar-refractivity contribution in [3.63, 3.8) is 0 Å². The number of halogens is 2. The smallest absolute Gasteiger partial charge is 0.324 e. The van der Waals surface area contributed by atoms with Gasteiger partial charge in [-0.2, -0.15) is 4.98 Å². The minimum atomic E-state index is -0.454. The van der Waals surface area contributed by atoms with E-state index < -0.39 is 6.04 Å². The number of piperazine rings is 1. The van der Waals surface area contributed by atoms with Gasteiger partial charge in [-0.25, -0.2) is 0 Å². The Morgan fingerprint density at radius 2 is 1.69 bits per heavy atom. The monoisotopic (exact) mass is 431 g/mol. The van der Waals surface area contributed by atoms with Crippen LogP contribution in [0.3, 0.4) is 0 Å². The first-order valence-electron chi connectivity index (χ1n) is 9.15. The van der Waals surface area contributed by atoms with Gasteiger partial charge in [-0.1, -0.05) is 58.7 Å². The zero-order chi connectivity index (χ0) is 20.4. The third-order valence-corrected chi connectivity index (χ3v) is 5.31. The molecule has 150 valence electrons. The highest BCUT2D eigenvalue weighted by Gasteiger charge is 2.30. The Morgan fingerprint density at radius 1 is 1.03 bits per heavy atom. The highest BCUT2D eigenvalue weighted by Crippen LogP contribution is 2.28. The van der Waals surface area contributed by atoms with E-state index in [0.717, 1.165) is 5.56 Å². The first-order valence-corrected chi connectivity index (χ1v) is 9.90. The first kappa shape index (κ1) is 19.7. The Labute approximate surface area is 178 Å². The van der Waals surface area contributed by atoms with Crippen LogP contribution in [0.1, 0.15) is 11.6 Å². The van der Waals surface area contributed by atoms with Gasteiger partial charge in [0.15, 0.2) is 0 Å². The first-order chi connectivity index (χ1) is 14.0. The van der Waals surface area contributed by atoms with E-state index in [2.05, 4.69) is 15.0 Å². The predicted molar refractivity (Wildman–Crippen MR) is 112 cm³/mol. The van der Waals surface area contributed by atoms with Gasteiger partial charge >= 0.3 is 6.01 Å². The minimum absolute atomic E-state index is 0.359. The molecule has 1 aromatic heterocycles. The summed E-state index contributed by atoms with van der Waals surface area (Å²) in [6.45, 7) is 2.55. The van der Waals surface area contributed by atoms with Crippen LogP contribution in [0.15, 0.2) is 53.1 Å². The number of amides is 1. The highest BCUT2D eigenvalue weighted by molar-refractivity contribution is 6.35.